The van der Waals surface area contributed by atoms with E-state index < -0.39 is 0 Å². The summed E-state index contributed by atoms with van der Waals surface area (Å²) in [5.41, 5.74) is 14.0. The van der Waals surface area contributed by atoms with Gasteiger partial charge < -0.3 is 0 Å². The maximum absolute atomic E-state index is 2.40. The van der Waals surface area contributed by atoms with Gasteiger partial charge in [-0.3, -0.25) is 0 Å². The van der Waals surface area contributed by atoms with E-state index in [0.717, 1.165) is 45.3 Å². The van der Waals surface area contributed by atoms with Gasteiger partial charge in [0.1, 0.15) is 0 Å². The predicted molar refractivity (Wildman–Crippen MR) is 311 cm³/mol. The summed E-state index contributed by atoms with van der Waals surface area (Å²) < 4.78 is 5.88. The SMILES string of the molecule is c1ccc2c(N(c3ccc(-c4ccc(N(c5ccc(-c6ccc7[se]c8ccccc8c7c6)cc5)c5cccc6ccccc56)cc4)cc3)c3ccc(-c4ccc5[se]c6ccccc6c5c4)cc3)cccc2c1. The Bertz CT molecular complexity index is 4030. The van der Waals surface area contributed by atoms with Crippen LogP contribution >= 0.6 is 0 Å². The molecule has 0 amide bonds. The summed E-state index contributed by atoms with van der Waals surface area (Å²) in [5, 5.41) is 10.4. The summed E-state index contributed by atoms with van der Waals surface area (Å²) >= 11 is 0.719. The molecule has 0 saturated heterocycles. The van der Waals surface area contributed by atoms with Crippen molar-refractivity contribution < 1.29 is 0 Å². The van der Waals surface area contributed by atoms with Crippen LogP contribution in [0.1, 0.15) is 0 Å². The molecular formula is C68H44N2Se2. The number of rotatable bonds is 9. The fourth-order valence-electron chi connectivity index (χ4n) is 10.7. The van der Waals surface area contributed by atoms with E-state index in [-0.39, 0.29) is 0 Å². The second-order valence-electron chi connectivity index (χ2n) is 18.5. The third kappa shape index (κ3) is 7.56. The molecule has 0 N–H and O–H groups in total. The molecule has 12 aromatic carbocycles. The van der Waals surface area contributed by atoms with Crippen LogP contribution in [-0.2, 0) is 0 Å². The molecule has 338 valence electrons. The Kier molecular flexibility index (Phi) is 10.6. The number of benzene rings is 12. The summed E-state index contributed by atoms with van der Waals surface area (Å²) in [4.78, 5) is 4.80. The first-order valence-corrected chi connectivity index (χ1v) is 27.9. The maximum atomic E-state index is 2.40. The van der Waals surface area contributed by atoms with Crippen molar-refractivity contribution in [3.8, 4) is 33.4 Å². The topological polar surface area (TPSA) is 6.48 Å². The number of nitrogens with zero attached hydrogens (tertiary/aromatic N) is 2. The molecule has 2 nitrogen and oxygen atoms in total. The molecule has 2 aromatic heterocycles. The summed E-state index contributed by atoms with van der Waals surface area (Å²) in [5.74, 6) is 0. The van der Waals surface area contributed by atoms with Crippen molar-refractivity contribution in [3.63, 3.8) is 0 Å². The quantitative estimate of drug-likeness (QED) is 0.133. The molecule has 14 aromatic rings. The first kappa shape index (κ1) is 42.7. The Labute approximate surface area is 430 Å². The van der Waals surface area contributed by atoms with Crippen molar-refractivity contribution in [1.82, 2.24) is 0 Å². The van der Waals surface area contributed by atoms with E-state index >= 15 is 0 Å². The van der Waals surface area contributed by atoms with Gasteiger partial charge in [0.05, 0.1) is 0 Å². The smallest absolute Gasteiger partial charge is 0.0543 e. The Morgan fingerprint density at radius 2 is 0.500 bits per heavy atom. The number of hydrogen-bond donors (Lipinski definition) is 0. The van der Waals surface area contributed by atoms with Gasteiger partial charge in [-0.05, 0) is 11.1 Å². The second kappa shape index (κ2) is 17.9. The second-order valence-corrected chi connectivity index (χ2v) is 23.0. The van der Waals surface area contributed by atoms with E-state index in [1.54, 1.807) is 0 Å². The van der Waals surface area contributed by atoms with E-state index in [1.807, 2.05) is 0 Å². The van der Waals surface area contributed by atoms with Crippen LogP contribution in [0.3, 0.4) is 0 Å². The molecule has 0 radical (unpaired) electrons. The van der Waals surface area contributed by atoms with Crippen molar-refractivity contribution in [2.75, 3.05) is 9.80 Å². The van der Waals surface area contributed by atoms with Crippen molar-refractivity contribution in [3.05, 3.63) is 267 Å². The summed E-state index contributed by atoms with van der Waals surface area (Å²) in [7, 11) is 0. The molecule has 0 aliphatic rings. The van der Waals surface area contributed by atoms with Crippen LogP contribution in [0, 0.1) is 0 Å². The molecule has 0 aliphatic heterocycles. The van der Waals surface area contributed by atoms with Crippen LogP contribution < -0.4 is 9.80 Å². The standard InChI is InChI=1S/C68H44N2Se2/c1-3-15-57-49(11-1)13-9-19-63(57)69(55-37-27-47(28-38-55)51-31-41-67-61(43-51)59-17-5-7-21-65(59)71-67)53-33-23-45(24-34-53)46-25-35-54(36-26-46)70(64-20-10-14-50-12-2-4-16-58(50)64)56-39-29-48(30-40-56)52-32-42-68-62(44-52)60-18-6-8-22-66(60)72-68/h1-44H. The monoisotopic (exact) mass is 1050 g/mol. The van der Waals surface area contributed by atoms with E-state index in [9.17, 15) is 0 Å². The van der Waals surface area contributed by atoms with Crippen molar-refractivity contribution >= 4 is 123 Å². The van der Waals surface area contributed by atoms with Crippen LogP contribution in [0.2, 0.25) is 0 Å². The summed E-state index contributed by atoms with van der Waals surface area (Å²) in [6, 6.07) is 98.7. The van der Waals surface area contributed by atoms with Crippen LogP contribution in [0.15, 0.2) is 267 Å². The average Bonchev–Trinajstić information content (AvgIpc) is 4.02. The number of fused-ring (bicyclic) bond motifs is 8. The minimum atomic E-state index is 0.360. The summed E-state index contributed by atoms with van der Waals surface area (Å²) in [6.45, 7) is 0. The van der Waals surface area contributed by atoms with Gasteiger partial charge in [-0.2, -0.15) is 0 Å². The summed E-state index contributed by atoms with van der Waals surface area (Å²) in [6.07, 6.45) is 0. The molecule has 2 heterocycles. The van der Waals surface area contributed by atoms with Gasteiger partial charge >= 0.3 is 374 Å². The number of hydrogen-bond acceptors (Lipinski definition) is 2. The van der Waals surface area contributed by atoms with E-state index in [0.29, 0.717) is 29.0 Å². The van der Waals surface area contributed by atoms with Crippen molar-refractivity contribution in [1.29, 1.82) is 0 Å². The van der Waals surface area contributed by atoms with Crippen molar-refractivity contribution in [2.24, 2.45) is 0 Å². The van der Waals surface area contributed by atoms with Gasteiger partial charge in [0.15, 0.2) is 0 Å². The molecule has 0 unspecified atom stereocenters. The normalized spacial score (nSPS) is 11.6. The fourth-order valence-corrected chi connectivity index (χ4v) is 15.2. The molecule has 14 rings (SSSR count). The molecule has 0 atom stereocenters. The van der Waals surface area contributed by atoms with Gasteiger partial charge in [0, 0.05) is 0 Å². The minimum absolute atomic E-state index is 0.360. The zero-order chi connectivity index (χ0) is 47.5. The zero-order valence-electron chi connectivity index (χ0n) is 39.1. The molecule has 4 heteroatoms. The van der Waals surface area contributed by atoms with Gasteiger partial charge in [-0.15, -0.1) is 0 Å². The zero-order valence-corrected chi connectivity index (χ0v) is 42.5. The Morgan fingerprint density at radius 1 is 0.208 bits per heavy atom. The molecule has 0 aliphatic carbocycles. The van der Waals surface area contributed by atoms with E-state index in [1.165, 1.54) is 82.4 Å². The molecular weight excluding hydrogens is 1000 g/mol. The molecule has 0 saturated carbocycles. The van der Waals surface area contributed by atoms with Crippen LogP contribution in [0.25, 0.3) is 93.5 Å². The van der Waals surface area contributed by atoms with Crippen LogP contribution in [0.5, 0.6) is 0 Å². The number of anilines is 6. The Balaban J connectivity index is 0.798. The first-order chi connectivity index (χ1) is 35.7. The third-order valence-electron chi connectivity index (χ3n) is 14.3. The average molecular weight is 1050 g/mol. The third-order valence-corrected chi connectivity index (χ3v) is 19.1. The van der Waals surface area contributed by atoms with Crippen LogP contribution in [0.4, 0.5) is 34.1 Å². The van der Waals surface area contributed by atoms with Gasteiger partial charge in [0.25, 0.3) is 0 Å². The molecule has 0 fully saturated rings. The molecule has 0 spiro atoms. The fraction of sp³-hybridized carbons (Fsp3) is 0. The van der Waals surface area contributed by atoms with E-state index in [2.05, 4.69) is 277 Å². The molecule has 72 heavy (non-hydrogen) atoms. The minimum Gasteiger partial charge on any atom is -0.0543 e. The van der Waals surface area contributed by atoms with Gasteiger partial charge in [-0.25, -0.2) is 0 Å². The van der Waals surface area contributed by atoms with Crippen molar-refractivity contribution in [2.45, 2.75) is 0 Å². The van der Waals surface area contributed by atoms with E-state index in [4.69, 9.17) is 0 Å². The van der Waals surface area contributed by atoms with Gasteiger partial charge in [-0.1, -0.05) is 48.5 Å². The Morgan fingerprint density at radius 3 is 0.889 bits per heavy atom. The van der Waals surface area contributed by atoms with Gasteiger partial charge in [0.2, 0.25) is 0 Å². The molecule has 0 bridgehead atoms. The first-order valence-electron chi connectivity index (χ1n) is 24.5. The Hall–Kier alpha value is -8.20. The van der Waals surface area contributed by atoms with Crippen LogP contribution in [-0.4, -0.2) is 29.0 Å². The predicted octanol–water partition coefficient (Wildman–Crippen LogP) is 18.7.